The van der Waals surface area contributed by atoms with Crippen molar-refractivity contribution < 1.29 is 9.90 Å². The number of carboxylic acids is 1. The molecule has 2 fully saturated rings. The molecule has 0 spiro atoms. The van der Waals surface area contributed by atoms with Gasteiger partial charge in [0.15, 0.2) is 0 Å². The molecule has 2 aliphatic rings. The number of thioether (sulfide) groups is 1. The van der Waals surface area contributed by atoms with Gasteiger partial charge in [-0.1, -0.05) is 0 Å². The monoisotopic (exact) mass is 229 g/mol. The molecule has 2 aliphatic heterocycles. The fourth-order valence-electron chi connectivity index (χ4n) is 2.61. The molecule has 4 heteroatoms. The lowest BCUT2D eigenvalue weighted by molar-refractivity contribution is -0.141. The van der Waals surface area contributed by atoms with Gasteiger partial charge < -0.3 is 10.0 Å². The molecule has 15 heavy (non-hydrogen) atoms. The molecule has 0 radical (unpaired) electrons. The molecule has 2 unspecified atom stereocenters. The first-order valence-corrected chi connectivity index (χ1v) is 6.67. The summed E-state index contributed by atoms with van der Waals surface area (Å²) in [7, 11) is 0. The van der Waals surface area contributed by atoms with Crippen molar-refractivity contribution >= 4 is 17.7 Å². The highest BCUT2D eigenvalue weighted by atomic mass is 32.2. The molecule has 0 aromatic rings. The quantitative estimate of drug-likeness (QED) is 0.799. The smallest absolute Gasteiger partial charge is 0.307 e. The molecule has 0 bridgehead atoms. The fraction of sp³-hybridized carbons (Fsp3) is 0.909. The Bertz CT molecular complexity index is 251. The van der Waals surface area contributed by atoms with E-state index in [0.29, 0.717) is 4.75 Å². The van der Waals surface area contributed by atoms with E-state index in [0.717, 1.165) is 26.1 Å². The molecular formula is C11H19NO2S. The highest BCUT2D eigenvalue weighted by Gasteiger charge is 2.35. The van der Waals surface area contributed by atoms with Crippen molar-refractivity contribution in [3.05, 3.63) is 0 Å². The standard InChI is InChI=1S/C11H19NO2S/c1-11(4-2-6-15-11)8-12-5-3-9(7-12)10(13)14/h9H,2-8H2,1H3,(H,13,14). The van der Waals surface area contributed by atoms with E-state index in [1.165, 1.54) is 18.6 Å². The first kappa shape index (κ1) is 11.3. The van der Waals surface area contributed by atoms with E-state index in [2.05, 4.69) is 23.6 Å². The molecule has 0 aromatic heterocycles. The highest BCUT2D eigenvalue weighted by Crippen LogP contribution is 2.39. The van der Waals surface area contributed by atoms with Crippen LogP contribution in [0, 0.1) is 5.92 Å². The van der Waals surface area contributed by atoms with Crippen molar-refractivity contribution in [3.8, 4) is 0 Å². The lowest BCUT2D eigenvalue weighted by Gasteiger charge is -2.28. The van der Waals surface area contributed by atoms with Gasteiger partial charge in [-0.15, -0.1) is 0 Å². The number of hydrogen-bond donors (Lipinski definition) is 1. The molecular weight excluding hydrogens is 210 g/mol. The molecule has 0 amide bonds. The zero-order valence-electron chi connectivity index (χ0n) is 9.24. The Morgan fingerprint density at radius 2 is 2.47 bits per heavy atom. The van der Waals surface area contributed by atoms with E-state index in [1.54, 1.807) is 0 Å². The van der Waals surface area contributed by atoms with E-state index in [-0.39, 0.29) is 5.92 Å². The van der Waals surface area contributed by atoms with E-state index >= 15 is 0 Å². The van der Waals surface area contributed by atoms with Gasteiger partial charge in [0.05, 0.1) is 5.92 Å². The zero-order chi connectivity index (χ0) is 10.9. The summed E-state index contributed by atoms with van der Waals surface area (Å²) in [6.45, 7) is 5.11. The maximum absolute atomic E-state index is 10.8. The van der Waals surface area contributed by atoms with Crippen LogP contribution in [-0.4, -0.2) is 46.1 Å². The van der Waals surface area contributed by atoms with Crippen LogP contribution in [0.5, 0.6) is 0 Å². The predicted molar refractivity (Wildman–Crippen MR) is 62.3 cm³/mol. The van der Waals surface area contributed by atoms with Crippen LogP contribution in [-0.2, 0) is 4.79 Å². The SMILES string of the molecule is CC1(CN2CCC(C(=O)O)C2)CCCS1. The van der Waals surface area contributed by atoms with Crippen LogP contribution >= 0.6 is 11.8 Å². The molecule has 2 rings (SSSR count). The van der Waals surface area contributed by atoms with E-state index in [1.807, 2.05) is 0 Å². The summed E-state index contributed by atoms with van der Waals surface area (Å²) < 4.78 is 0.382. The number of likely N-dealkylation sites (tertiary alicyclic amines) is 1. The van der Waals surface area contributed by atoms with Crippen molar-refractivity contribution in [1.29, 1.82) is 0 Å². The number of aliphatic carboxylic acids is 1. The number of hydrogen-bond acceptors (Lipinski definition) is 3. The van der Waals surface area contributed by atoms with Crippen LogP contribution in [0.1, 0.15) is 26.2 Å². The van der Waals surface area contributed by atoms with Crippen molar-refractivity contribution in [2.45, 2.75) is 30.9 Å². The summed E-state index contributed by atoms with van der Waals surface area (Å²) in [5, 5.41) is 8.92. The zero-order valence-corrected chi connectivity index (χ0v) is 10.1. The first-order valence-electron chi connectivity index (χ1n) is 5.68. The Labute approximate surface area is 95.2 Å². The van der Waals surface area contributed by atoms with Gasteiger partial charge in [0, 0.05) is 17.8 Å². The summed E-state index contributed by atoms with van der Waals surface area (Å²) in [5.41, 5.74) is 0. The van der Waals surface area contributed by atoms with Gasteiger partial charge >= 0.3 is 5.97 Å². The van der Waals surface area contributed by atoms with Gasteiger partial charge in [0.2, 0.25) is 0 Å². The summed E-state index contributed by atoms with van der Waals surface area (Å²) in [5.74, 6) is 0.522. The van der Waals surface area contributed by atoms with Crippen LogP contribution in [0.4, 0.5) is 0 Å². The van der Waals surface area contributed by atoms with Gasteiger partial charge in [-0.2, -0.15) is 11.8 Å². The summed E-state index contributed by atoms with van der Waals surface area (Å²) in [4.78, 5) is 13.2. The van der Waals surface area contributed by atoms with Crippen LogP contribution < -0.4 is 0 Å². The molecule has 2 saturated heterocycles. The molecule has 2 heterocycles. The summed E-state index contributed by atoms with van der Waals surface area (Å²) in [6, 6.07) is 0. The number of carboxylic acid groups (broad SMARTS) is 1. The van der Waals surface area contributed by atoms with Gasteiger partial charge in [-0.25, -0.2) is 0 Å². The highest BCUT2D eigenvalue weighted by molar-refractivity contribution is 8.00. The van der Waals surface area contributed by atoms with Gasteiger partial charge in [-0.05, 0) is 38.5 Å². The molecule has 0 aromatic carbocycles. The molecule has 1 N–H and O–H groups in total. The van der Waals surface area contributed by atoms with Crippen LogP contribution in [0.3, 0.4) is 0 Å². The molecule has 86 valence electrons. The van der Waals surface area contributed by atoms with Crippen molar-refractivity contribution in [1.82, 2.24) is 4.90 Å². The number of nitrogens with zero attached hydrogens (tertiary/aromatic N) is 1. The molecule has 2 atom stereocenters. The Kier molecular flexibility index (Phi) is 3.26. The van der Waals surface area contributed by atoms with Crippen molar-refractivity contribution in [2.75, 3.05) is 25.4 Å². The summed E-state index contributed by atoms with van der Waals surface area (Å²) >= 11 is 2.05. The summed E-state index contributed by atoms with van der Waals surface area (Å²) in [6.07, 6.45) is 3.43. The predicted octanol–water partition coefficient (Wildman–Crippen LogP) is 1.68. The largest absolute Gasteiger partial charge is 0.481 e. The second-order valence-corrected chi connectivity index (χ2v) is 6.64. The number of carbonyl (C=O) groups is 1. The van der Waals surface area contributed by atoms with Crippen LogP contribution in [0.2, 0.25) is 0 Å². The number of rotatable bonds is 3. The molecule has 3 nitrogen and oxygen atoms in total. The van der Waals surface area contributed by atoms with Gasteiger partial charge in [-0.3, -0.25) is 4.79 Å². The molecule has 0 saturated carbocycles. The van der Waals surface area contributed by atoms with E-state index < -0.39 is 5.97 Å². The minimum absolute atomic E-state index is 0.125. The average Bonchev–Trinajstić information content (AvgIpc) is 2.75. The minimum Gasteiger partial charge on any atom is -0.481 e. The Morgan fingerprint density at radius 1 is 1.67 bits per heavy atom. The third-order valence-corrected chi connectivity index (χ3v) is 5.00. The minimum atomic E-state index is -0.623. The second kappa shape index (κ2) is 4.34. The van der Waals surface area contributed by atoms with E-state index in [4.69, 9.17) is 5.11 Å². The second-order valence-electron chi connectivity index (χ2n) is 4.96. The lowest BCUT2D eigenvalue weighted by Crippen LogP contribution is -2.36. The normalized spacial score (nSPS) is 37.3. The van der Waals surface area contributed by atoms with Crippen molar-refractivity contribution in [2.24, 2.45) is 5.92 Å². The van der Waals surface area contributed by atoms with Crippen LogP contribution in [0.15, 0.2) is 0 Å². The molecule has 0 aliphatic carbocycles. The third-order valence-electron chi connectivity index (χ3n) is 3.48. The van der Waals surface area contributed by atoms with Crippen molar-refractivity contribution in [3.63, 3.8) is 0 Å². The maximum Gasteiger partial charge on any atom is 0.307 e. The topological polar surface area (TPSA) is 40.5 Å². The fourth-order valence-corrected chi connectivity index (χ4v) is 3.96. The van der Waals surface area contributed by atoms with E-state index in [9.17, 15) is 4.79 Å². The van der Waals surface area contributed by atoms with Gasteiger partial charge in [0.1, 0.15) is 0 Å². The lowest BCUT2D eigenvalue weighted by atomic mass is 10.1. The Hall–Kier alpha value is -0.220. The third kappa shape index (κ3) is 2.67. The van der Waals surface area contributed by atoms with Crippen LogP contribution in [0.25, 0.3) is 0 Å². The first-order chi connectivity index (χ1) is 7.09. The maximum atomic E-state index is 10.8. The average molecular weight is 229 g/mol. The Balaban J connectivity index is 1.84. The van der Waals surface area contributed by atoms with Gasteiger partial charge in [0.25, 0.3) is 0 Å². The Morgan fingerprint density at radius 3 is 3.00 bits per heavy atom.